The number of carbonyl (C=O) groups is 2. The van der Waals surface area contributed by atoms with E-state index in [4.69, 9.17) is 5.26 Å². The monoisotopic (exact) mass is 409 g/mol. The zero-order chi connectivity index (χ0) is 20.9. The van der Waals surface area contributed by atoms with E-state index >= 15 is 0 Å². The Kier molecular flexibility index (Phi) is 6.64. The fourth-order valence-corrected chi connectivity index (χ4v) is 3.10. The van der Waals surface area contributed by atoms with Gasteiger partial charge in [-0.05, 0) is 31.2 Å². The average molecular weight is 409 g/mol. The lowest BCUT2D eigenvalue weighted by Gasteiger charge is -2.13. The highest BCUT2D eigenvalue weighted by molar-refractivity contribution is 8.00. The van der Waals surface area contributed by atoms with E-state index in [9.17, 15) is 22.8 Å². The molecule has 0 radical (unpaired) electrons. The Morgan fingerprint density at radius 3 is 2.64 bits per heavy atom. The molecule has 1 amide bonds. The number of amides is 1. The number of hydrogen-bond donors (Lipinski definition) is 1. The van der Waals surface area contributed by atoms with Crippen molar-refractivity contribution in [3.05, 3.63) is 52.7 Å². The van der Waals surface area contributed by atoms with E-state index < -0.39 is 29.2 Å². The molecule has 0 fully saturated rings. The number of aryl methyl sites for hydroxylation is 1. The maximum Gasteiger partial charge on any atom is 0.417 e. The number of nitrogens with zero attached hydrogens (tertiary/aromatic N) is 2. The summed E-state index contributed by atoms with van der Waals surface area (Å²) in [5.74, 6) is -1.38. The molecule has 2 rings (SSSR count). The molecule has 28 heavy (non-hydrogen) atoms. The first-order valence-electron chi connectivity index (χ1n) is 7.75. The van der Waals surface area contributed by atoms with Crippen molar-refractivity contribution in [2.75, 3.05) is 18.2 Å². The third-order valence-electron chi connectivity index (χ3n) is 3.44. The topological polar surface area (TPSA) is 92.1 Å². The van der Waals surface area contributed by atoms with Crippen molar-refractivity contribution < 1.29 is 27.5 Å². The summed E-state index contributed by atoms with van der Waals surface area (Å²) in [6.45, 7) is 1.37. The highest BCUT2D eigenvalue weighted by atomic mass is 32.2. The standard InChI is InChI=1S/C18H14F3N3O3S/c1-10-6-14(18(19,20)21)13(8-22)16(23-10)28-9-15(25)24-12-5-3-4-11(7-12)17(26)27-2/h3-7H,9H2,1-2H3,(H,24,25). The second-order valence-corrected chi connectivity index (χ2v) is 6.47. The van der Waals surface area contributed by atoms with Gasteiger partial charge in [-0.1, -0.05) is 17.8 Å². The van der Waals surface area contributed by atoms with Crippen LogP contribution in [0.1, 0.15) is 27.2 Å². The lowest BCUT2D eigenvalue weighted by atomic mass is 10.1. The van der Waals surface area contributed by atoms with Crippen molar-refractivity contribution >= 4 is 29.3 Å². The van der Waals surface area contributed by atoms with Gasteiger partial charge in [0.25, 0.3) is 0 Å². The Morgan fingerprint density at radius 1 is 1.32 bits per heavy atom. The number of aromatic nitrogens is 1. The molecule has 10 heteroatoms. The number of esters is 1. The van der Waals surface area contributed by atoms with Gasteiger partial charge < -0.3 is 10.1 Å². The van der Waals surface area contributed by atoms with Gasteiger partial charge in [-0.15, -0.1) is 0 Å². The molecular weight excluding hydrogens is 395 g/mol. The van der Waals surface area contributed by atoms with Crippen molar-refractivity contribution in [1.82, 2.24) is 4.98 Å². The number of thioether (sulfide) groups is 1. The summed E-state index contributed by atoms with van der Waals surface area (Å²) in [5, 5.41) is 11.5. The van der Waals surface area contributed by atoms with E-state index in [1.54, 1.807) is 12.1 Å². The lowest BCUT2D eigenvalue weighted by molar-refractivity contribution is -0.138. The summed E-state index contributed by atoms with van der Waals surface area (Å²) >= 11 is 0.721. The SMILES string of the molecule is COC(=O)c1cccc(NC(=O)CSc2nc(C)cc(C(F)(F)F)c2C#N)c1. The molecule has 0 aliphatic rings. The fraction of sp³-hybridized carbons (Fsp3) is 0.222. The third-order valence-corrected chi connectivity index (χ3v) is 4.41. The summed E-state index contributed by atoms with van der Waals surface area (Å²) < 4.78 is 43.9. The lowest BCUT2D eigenvalue weighted by Crippen LogP contribution is -2.15. The molecule has 0 unspecified atom stereocenters. The van der Waals surface area contributed by atoms with Crippen LogP contribution in [0.4, 0.5) is 18.9 Å². The van der Waals surface area contributed by atoms with E-state index in [0.29, 0.717) is 5.69 Å². The minimum Gasteiger partial charge on any atom is -0.465 e. The number of hydrogen-bond acceptors (Lipinski definition) is 6. The van der Waals surface area contributed by atoms with Crippen LogP contribution in [0.3, 0.4) is 0 Å². The highest BCUT2D eigenvalue weighted by Gasteiger charge is 2.35. The molecule has 1 aromatic heterocycles. The Hall–Kier alpha value is -3.06. The molecule has 1 heterocycles. The van der Waals surface area contributed by atoms with Crippen molar-refractivity contribution in [2.24, 2.45) is 0 Å². The summed E-state index contributed by atoms with van der Waals surface area (Å²) in [6, 6.07) is 8.30. The number of anilines is 1. The van der Waals surface area contributed by atoms with E-state index in [1.807, 2.05) is 0 Å². The van der Waals surface area contributed by atoms with Crippen LogP contribution in [0.2, 0.25) is 0 Å². The Balaban J connectivity index is 2.15. The van der Waals surface area contributed by atoms with Crippen LogP contribution in [0.5, 0.6) is 0 Å². The zero-order valence-corrected chi connectivity index (χ0v) is 15.6. The number of halogens is 3. The molecule has 0 saturated carbocycles. The summed E-state index contributed by atoms with van der Waals surface area (Å²) in [6.07, 6.45) is -4.70. The maximum absolute atomic E-state index is 13.1. The van der Waals surface area contributed by atoms with Gasteiger partial charge in [-0.25, -0.2) is 9.78 Å². The number of benzene rings is 1. The van der Waals surface area contributed by atoms with Crippen LogP contribution in [-0.2, 0) is 15.7 Å². The Labute approximate surface area is 162 Å². The third kappa shape index (κ3) is 5.23. The molecule has 0 aliphatic heterocycles. The maximum atomic E-state index is 13.1. The first kappa shape index (κ1) is 21.2. The Morgan fingerprint density at radius 2 is 2.04 bits per heavy atom. The molecule has 6 nitrogen and oxygen atoms in total. The van der Waals surface area contributed by atoms with Gasteiger partial charge in [-0.2, -0.15) is 18.4 Å². The van der Waals surface area contributed by atoms with Crippen molar-refractivity contribution in [2.45, 2.75) is 18.1 Å². The first-order chi connectivity index (χ1) is 13.2. The van der Waals surface area contributed by atoms with E-state index in [1.165, 1.54) is 32.2 Å². The molecule has 0 aliphatic carbocycles. The van der Waals surface area contributed by atoms with Crippen LogP contribution >= 0.6 is 11.8 Å². The molecule has 0 saturated heterocycles. The summed E-state index contributed by atoms with van der Waals surface area (Å²) in [5.41, 5.74) is -1.07. The molecule has 0 spiro atoms. The zero-order valence-electron chi connectivity index (χ0n) is 14.8. The van der Waals surface area contributed by atoms with Crippen LogP contribution < -0.4 is 5.32 Å². The number of ether oxygens (including phenoxy) is 1. The van der Waals surface area contributed by atoms with Gasteiger partial charge in [0.1, 0.15) is 11.1 Å². The average Bonchev–Trinajstić information content (AvgIpc) is 2.64. The summed E-state index contributed by atoms with van der Waals surface area (Å²) in [4.78, 5) is 27.6. The van der Waals surface area contributed by atoms with Crippen LogP contribution in [0.25, 0.3) is 0 Å². The van der Waals surface area contributed by atoms with Gasteiger partial charge >= 0.3 is 12.1 Å². The number of nitrogens with one attached hydrogen (secondary N) is 1. The minimum atomic E-state index is -4.70. The van der Waals surface area contributed by atoms with E-state index in [2.05, 4.69) is 15.0 Å². The van der Waals surface area contributed by atoms with Crippen molar-refractivity contribution in [3.8, 4) is 6.07 Å². The van der Waals surface area contributed by atoms with Crippen LogP contribution in [-0.4, -0.2) is 29.7 Å². The fourth-order valence-electron chi connectivity index (χ4n) is 2.25. The number of rotatable bonds is 5. The quantitative estimate of drug-likeness (QED) is 0.597. The van der Waals surface area contributed by atoms with Gasteiger partial charge in [0.2, 0.25) is 5.91 Å². The second kappa shape index (κ2) is 8.75. The van der Waals surface area contributed by atoms with Crippen molar-refractivity contribution in [1.29, 1.82) is 5.26 Å². The van der Waals surface area contributed by atoms with Gasteiger partial charge in [0.05, 0.1) is 29.6 Å². The summed E-state index contributed by atoms with van der Waals surface area (Å²) in [7, 11) is 1.22. The largest absolute Gasteiger partial charge is 0.465 e. The van der Waals surface area contributed by atoms with Crippen LogP contribution in [0.15, 0.2) is 35.4 Å². The van der Waals surface area contributed by atoms with Gasteiger partial charge in [0, 0.05) is 11.4 Å². The number of nitriles is 1. The molecule has 2 aromatic rings. The smallest absolute Gasteiger partial charge is 0.417 e. The molecule has 0 atom stereocenters. The van der Waals surface area contributed by atoms with Crippen LogP contribution in [0, 0.1) is 18.3 Å². The second-order valence-electron chi connectivity index (χ2n) is 5.51. The number of pyridine rings is 1. The number of carbonyl (C=O) groups excluding carboxylic acids is 2. The number of methoxy groups -OCH3 is 1. The predicted molar refractivity (Wildman–Crippen MR) is 95.8 cm³/mol. The van der Waals surface area contributed by atoms with E-state index in [-0.39, 0.29) is 22.0 Å². The highest BCUT2D eigenvalue weighted by Crippen LogP contribution is 2.35. The molecule has 1 N–H and O–H groups in total. The normalized spacial score (nSPS) is 10.9. The van der Waals surface area contributed by atoms with Gasteiger partial charge in [-0.3, -0.25) is 4.79 Å². The Bertz CT molecular complexity index is 955. The minimum absolute atomic E-state index is 0.0833. The molecular formula is C18H14F3N3O3S. The predicted octanol–water partition coefficient (Wildman–Crippen LogP) is 3.80. The van der Waals surface area contributed by atoms with Crippen molar-refractivity contribution in [3.63, 3.8) is 0 Å². The molecule has 0 bridgehead atoms. The van der Waals surface area contributed by atoms with Gasteiger partial charge in [0.15, 0.2) is 0 Å². The van der Waals surface area contributed by atoms with E-state index in [0.717, 1.165) is 17.8 Å². The first-order valence-corrected chi connectivity index (χ1v) is 8.74. The molecule has 146 valence electrons. The number of alkyl halides is 3. The molecule has 1 aromatic carbocycles.